The molecule has 0 amide bonds. The molecule has 0 radical (unpaired) electrons. The molecule has 28 heavy (non-hydrogen) atoms. The number of aromatic amines is 1. The minimum Gasteiger partial charge on any atom is -0.457 e. The third kappa shape index (κ3) is 4.13. The van der Waals surface area contributed by atoms with Crippen LogP contribution in [0.25, 0.3) is 10.9 Å². The molecule has 0 spiro atoms. The highest BCUT2D eigenvalue weighted by atomic mass is 79.9. The summed E-state index contributed by atoms with van der Waals surface area (Å²) in [7, 11) is 0. The molecular formula is C19H13BrClFN4O2. The predicted octanol–water partition coefficient (Wildman–Crippen LogP) is 5.18. The number of nitrogens with one attached hydrogen (secondary N) is 2. The Labute approximate surface area is 173 Å². The Morgan fingerprint density at radius 2 is 1.86 bits per heavy atom. The van der Waals surface area contributed by atoms with Gasteiger partial charge in [0.15, 0.2) is 0 Å². The van der Waals surface area contributed by atoms with Gasteiger partial charge in [-0.1, -0.05) is 6.07 Å². The molecule has 2 heterocycles. The summed E-state index contributed by atoms with van der Waals surface area (Å²) in [6, 6.07) is 12.9. The van der Waals surface area contributed by atoms with E-state index in [4.69, 9.17) is 4.74 Å². The van der Waals surface area contributed by atoms with E-state index in [2.05, 4.69) is 36.2 Å². The SMILES string of the molecule is Cl.O=c1[nH]cc(Br)c2ncnc(Nc3ccc(Oc4cccc(F)c4)cc3)c12. The first kappa shape index (κ1) is 19.8. The fraction of sp³-hybridized carbons (Fsp3) is 0. The van der Waals surface area contributed by atoms with Crippen molar-refractivity contribution in [2.24, 2.45) is 0 Å². The van der Waals surface area contributed by atoms with E-state index in [1.54, 1.807) is 42.6 Å². The van der Waals surface area contributed by atoms with Crippen molar-refractivity contribution in [3.63, 3.8) is 0 Å². The smallest absolute Gasteiger partial charge is 0.261 e. The molecule has 4 aromatic rings. The highest BCUT2D eigenvalue weighted by Crippen LogP contribution is 2.27. The van der Waals surface area contributed by atoms with Crippen molar-refractivity contribution in [3.05, 3.63) is 81.7 Å². The molecule has 0 aliphatic carbocycles. The second-order valence-corrected chi connectivity index (χ2v) is 6.47. The van der Waals surface area contributed by atoms with E-state index in [0.717, 1.165) is 0 Å². The van der Waals surface area contributed by atoms with Crippen molar-refractivity contribution < 1.29 is 9.13 Å². The maximum Gasteiger partial charge on any atom is 0.261 e. The molecule has 6 nitrogen and oxygen atoms in total. The zero-order valence-corrected chi connectivity index (χ0v) is 16.6. The lowest BCUT2D eigenvalue weighted by Crippen LogP contribution is -2.10. The zero-order valence-electron chi connectivity index (χ0n) is 14.1. The number of aromatic nitrogens is 3. The number of fused-ring (bicyclic) bond motifs is 1. The van der Waals surface area contributed by atoms with Crippen LogP contribution in [-0.4, -0.2) is 15.0 Å². The molecule has 0 aliphatic heterocycles. The molecule has 142 valence electrons. The lowest BCUT2D eigenvalue weighted by Gasteiger charge is -2.10. The Bertz CT molecular complexity index is 1180. The summed E-state index contributed by atoms with van der Waals surface area (Å²) in [6.07, 6.45) is 2.93. The molecule has 2 N–H and O–H groups in total. The highest BCUT2D eigenvalue weighted by Gasteiger charge is 2.11. The van der Waals surface area contributed by atoms with E-state index in [-0.39, 0.29) is 23.8 Å². The summed E-state index contributed by atoms with van der Waals surface area (Å²) in [5.74, 6) is 0.993. The van der Waals surface area contributed by atoms with Gasteiger partial charge in [0.2, 0.25) is 0 Å². The van der Waals surface area contributed by atoms with Crippen LogP contribution >= 0.6 is 28.3 Å². The Morgan fingerprint density at radius 3 is 2.61 bits per heavy atom. The summed E-state index contributed by atoms with van der Waals surface area (Å²) in [4.78, 5) is 23.1. The van der Waals surface area contributed by atoms with Gasteiger partial charge < -0.3 is 15.0 Å². The van der Waals surface area contributed by atoms with Crippen molar-refractivity contribution >= 4 is 50.7 Å². The summed E-state index contributed by atoms with van der Waals surface area (Å²) < 4.78 is 19.5. The number of pyridine rings is 1. The third-order valence-electron chi connectivity index (χ3n) is 3.78. The number of hydrogen-bond donors (Lipinski definition) is 2. The molecular weight excluding hydrogens is 451 g/mol. The van der Waals surface area contributed by atoms with Crippen molar-refractivity contribution in [1.29, 1.82) is 0 Å². The van der Waals surface area contributed by atoms with E-state index in [1.165, 1.54) is 18.5 Å². The van der Waals surface area contributed by atoms with Crippen molar-refractivity contribution in [2.45, 2.75) is 0 Å². The van der Waals surface area contributed by atoms with Crippen LogP contribution in [0.2, 0.25) is 0 Å². The number of halogens is 3. The Kier molecular flexibility index (Phi) is 5.91. The van der Waals surface area contributed by atoms with Crippen molar-refractivity contribution in [3.8, 4) is 11.5 Å². The number of hydrogen-bond acceptors (Lipinski definition) is 5. The van der Waals surface area contributed by atoms with Gasteiger partial charge in [-0.25, -0.2) is 14.4 Å². The molecule has 2 aromatic carbocycles. The van der Waals surface area contributed by atoms with E-state index in [1.807, 2.05) is 0 Å². The standard InChI is InChI=1S/C19H12BrFN4O2.ClH/c20-15-9-22-19(26)16-17(15)23-10-24-18(16)25-12-4-6-13(7-5-12)27-14-3-1-2-11(21)8-14;/h1-10H,(H,22,26)(H,23,24,25);1H. The topological polar surface area (TPSA) is 79.9 Å². The fourth-order valence-electron chi connectivity index (χ4n) is 2.56. The molecule has 0 unspecified atom stereocenters. The van der Waals surface area contributed by atoms with E-state index in [9.17, 15) is 9.18 Å². The summed E-state index contributed by atoms with van der Waals surface area (Å²) >= 11 is 3.37. The number of H-pyrrole nitrogens is 1. The molecule has 9 heteroatoms. The predicted molar refractivity (Wildman–Crippen MR) is 111 cm³/mol. The summed E-state index contributed by atoms with van der Waals surface area (Å²) in [5, 5.41) is 3.46. The molecule has 0 atom stereocenters. The van der Waals surface area contributed by atoms with E-state index < -0.39 is 0 Å². The summed E-state index contributed by atoms with van der Waals surface area (Å²) in [5.41, 5.74) is 0.936. The number of anilines is 2. The van der Waals surface area contributed by atoms with Gasteiger partial charge in [-0.15, -0.1) is 12.4 Å². The Hall–Kier alpha value is -2.97. The van der Waals surface area contributed by atoms with Crippen LogP contribution in [0.3, 0.4) is 0 Å². The number of nitrogens with zero attached hydrogens (tertiary/aromatic N) is 2. The van der Waals surface area contributed by atoms with Gasteiger partial charge in [0.05, 0.1) is 9.99 Å². The molecule has 0 aliphatic rings. The van der Waals surface area contributed by atoms with Crippen LogP contribution in [0.15, 0.2) is 70.3 Å². The van der Waals surface area contributed by atoms with Crippen LogP contribution in [0.4, 0.5) is 15.9 Å². The summed E-state index contributed by atoms with van der Waals surface area (Å²) in [6.45, 7) is 0. The van der Waals surface area contributed by atoms with Crippen LogP contribution in [0.5, 0.6) is 11.5 Å². The quantitative estimate of drug-likeness (QED) is 0.436. The number of rotatable bonds is 4. The van der Waals surface area contributed by atoms with Gasteiger partial charge in [-0.05, 0) is 52.3 Å². The fourth-order valence-corrected chi connectivity index (χ4v) is 2.97. The van der Waals surface area contributed by atoms with Gasteiger partial charge in [0.1, 0.15) is 34.8 Å². The van der Waals surface area contributed by atoms with E-state index >= 15 is 0 Å². The average molecular weight is 464 g/mol. The van der Waals surface area contributed by atoms with Crippen LogP contribution < -0.4 is 15.6 Å². The monoisotopic (exact) mass is 462 g/mol. The van der Waals surface area contributed by atoms with Gasteiger partial charge in [0, 0.05) is 18.0 Å². The number of ether oxygens (including phenoxy) is 1. The second-order valence-electron chi connectivity index (χ2n) is 5.62. The molecule has 0 bridgehead atoms. The van der Waals surface area contributed by atoms with Crippen molar-refractivity contribution in [2.75, 3.05) is 5.32 Å². The lowest BCUT2D eigenvalue weighted by molar-refractivity contribution is 0.477. The van der Waals surface area contributed by atoms with Gasteiger partial charge in [0.25, 0.3) is 5.56 Å². The van der Waals surface area contributed by atoms with Gasteiger partial charge >= 0.3 is 0 Å². The number of benzene rings is 2. The van der Waals surface area contributed by atoms with Crippen molar-refractivity contribution in [1.82, 2.24) is 15.0 Å². The minimum atomic E-state index is -0.363. The van der Waals surface area contributed by atoms with Gasteiger partial charge in [-0.3, -0.25) is 4.79 Å². The Morgan fingerprint density at radius 1 is 1.07 bits per heavy atom. The first-order valence-corrected chi connectivity index (χ1v) is 8.72. The molecule has 2 aromatic heterocycles. The highest BCUT2D eigenvalue weighted by molar-refractivity contribution is 9.10. The molecule has 0 saturated heterocycles. The maximum atomic E-state index is 13.2. The first-order valence-electron chi connectivity index (χ1n) is 7.92. The second kappa shape index (κ2) is 8.37. The van der Waals surface area contributed by atoms with Crippen LogP contribution in [0, 0.1) is 5.82 Å². The zero-order chi connectivity index (χ0) is 18.8. The molecule has 4 rings (SSSR count). The van der Waals surface area contributed by atoms with E-state index in [0.29, 0.717) is 38.4 Å². The third-order valence-corrected chi connectivity index (χ3v) is 4.38. The molecule has 0 saturated carbocycles. The first-order chi connectivity index (χ1) is 13.1. The van der Waals surface area contributed by atoms with Crippen LogP contribution in [-0.2, 0) is 0 Å². The Balaban J connectivity index is 0.00000225. The largest absolute Gasteiger partial charge is 0.457 e. The molecule has 0 fully saturated rings. The lowest BCUT2D eigenvalue weighted by atomic mass is 10.2. The normalized spacial score (nSPS) is 10.4. The van der Waals surface area contributed by atoms with Crippen LogP contribution in [0.1, 0.15) is 0 Å². The minimum absolute atomic E-state index is 0. The van der Waals surface area contributed by atoms with Gasteiger partial charge in [-0.2, -0.15) is 0 Å². The average Bonchev–Trinajstić information content (AvgIpc) is 2.66. The maximum absolute atomic E-state index is 13.2.